The molecule has 0 amide bonds. The van der Waals surface area contributed by atoms with Gasteiger partial charge in [0.1, 0.15) is 12.7 Å². The quantitative estimate of drug-likeness (QED) is 0.440. The van der Waals surface area contributed by atoms with Gasteiger partial charge in [0.15, 0.2) is 0 Å². The molecule has 1 heterocycles. The van der Waals surface area contributed by atoms with Crippen molar-refractivity contribution in [2.24, 2.45) is 23.2 Å². The van der Waals surface area contributed by atoms with E-state index in [4.69, 9.17) is 4.74 Å². The lowest BCUT2D eigenvalue weighted by Gasteiger charge is -2.56. The van der Waals surface area contributed by atoms with Crippen molar-refractivity contribution < 1.29 is 14.6 Å². The number of carbonyl (C=O) groups is 1. The summed E-state index contributed by atoms with van der Waals surface area (Å²) < 4.78 is 4.98. The minimum absolute atomic E-state index is 0.0834. The van der Waals surface area contributed by atoms with Crippen LogP contribution in [0, 0.1) is 23.2 Å². The number of benzene rings is 1. The number of esters is 1. The summed E-state index contributed by atoms with van der Waals surface area (Å²) in [5, 5.41) is 13.8. The normalized spacial score (nSPS) is 38.6. The highest BCUT2D eigenvalue weighted by atomic mass is 16.6. The van der Waals surface area contributed by atoms with Crippen LogP contribution in [0.4, 0.5) is 5.69 Å². The second kappa shape index (κ2) is 7.98. The van der Waals surface area contributed by atoms with Crippen LogP contribution >= 0.6 is 0 Å². The number of hydrogen-bond acceptors (Lipinski definition) is 4. The van der Waals surface area contributed by atoms with Crippen molar-refractivity contribution in [1.82, 2.24) is 0 Å². The maximum Gasteiger partial charge on any atom is 0.336 e. The van der Waals surface area contributed by atoms with E-state index in [9.17, 15) is 9.90 Å². The second-order valence-electron chi connectivity index (χ2n) is 9.39. The summed E-state index contributed by atoms with van der Waals surface area (Å²) in [4.78, 5) is 11.9. The molecule has 1 aromatic rings. The van der Waals surface area contributed by atoms with Crippen LogP contribution in [0.1, 0.15) is 46.0 Å². The first kappa shape index (κ1) is 20.2. The molecule has 1 aliphatic heterocycles. The van der Waals surface area contributed by atoms with Crippen LogP contribution in [0.25, 0.3) is 0 Å². The first-order chi connectivity index (χ1) is 13.9. The number of allylic oxidation sites excluding steroid dienone is 2. The number of ether oxygens (including phenoxy) is 1. The van der Waals surface area contributed by atoms with E-state index in [-0.39, 0.29) is 18.0 Å². The summed E-state index contributed by atoms with van der Waals surface area (Å²) in [6.45, 7) is 9.30. The standard InChI is InChI=1S/C25H33NO3/c1-16-9-11-21-17(2)22(26-18-7-5-4-6-8-18)13-14-25(21,3)20(16)12-10-19-23(27)15-29-24(19)28/h4-8,10,17,20-23,26-27H,1,9,11-15H2,2-3H3/b19-10+/t17-,20-,21-,22+,23-,25+/m1/s1. The predicted molar refractivity (Wildman–Crippen MR) is 115 cm³/mol. The minimum atomic E-state index is -0.785. The fraction of sp³-hybridized carbons (Fsp3) is 0.560. The number of rotatable bonds is 4. The van der Waals surface area contributed by atoms with Gasteiger partial charge < -0.3 is 15.2 Å². The zero-order valence-corrected chi connectivity index (χ0v) is 17.6. The number of hydrogen-bond donors (Lipinski definition) is 2. The van der Waals surface area contributed by atoms with Crippen molar-refractivity contribution in [1.29, 1.82) is 0 Å². The molecular formula is C25H33NO3. The van der Waals surface area contributed by atoms with E-state index in [0.717, 1.165) is 25.7 Å². The third kappa shape index (κ3) is 3.75. The Balaban J connectivity index is 1.51. The highest BCUT2D eigenvalue weighted by Crippen LogP contribution is 2.58. The van der Waals surface area contributed by atoms with Crippen molar-refractivity contribution in [3.05, 3.63) is 54.1 Å². The van der Waals surface area contributed by atoms with Gasteiger partial charge in [-0.25, -0.2) is 4.79 Å². The van der Waals surface area contributed by atoms with Crippen molar-refractivity contribution in [2.45, 2.75) is 58.1 Å². The van der Waals surface area contributed by atoms with Gasteiger partial charge in [0.2, 0.25) is 0 Å². The summed E-state index contributed by atoms with van der Waals surface area (Å²) in [5.74, 6) is 1.16. The molecule has 6 atom stereocenters. The van der Waals surface area contributed by atoms with Crippen LogP contribution in [0.3, 0.4) is 0 Å². The zero-order valence-electron chi connectivity index (χ0n) is 17.6. The molecule has 4 nitrogen and oxygen atoms in total. The average Bonchev–Trinajstić information content (AvgIpc) is 3.02. The molecule has 1 aromatic carbocycles. The SMILES string of the molecule is C=C1CC[C@@H]2[C@@H](C)[C@@H](Nc3ccccc3)CC[C@@]2(C)[C@@H]1C/C=C1/C(=O)OC[C@H]1O. The smallest absolute Gasteiger partial charge is 0.336 e. The Morgan fingerprint density at radius 3 is 2.76 bits per heavy atom. The molecule has 2 saturated carbocycles. The van der Waals surface area contributed by atoms with Gasteiger partial charge in [0.05, 0.1) is 5.57 Å². The van der Waals surface area contributed by atoms with Gasteiger partial charge in [0, 0.05) is 11.7 Å². The van der Waals surface area contributed by atoms with Gasteiger partial charge in [-0.2, -0.15) is 0 Å². The van der Waals surface area contributed by atoms with Gasteiger partial charge in [-0.05, 0) is 67.4 Å². The lowest BCUT2D eigenvalue weighted by Crippen LogP contribution is -2.51. The Morgan fingerprint density at radius 2 is 2.07 bits per heavy atom. The summed E-state index contributed by atoms with van der Waals surface area (Å²) in [7, 11) is 0. The molecule has 0 spiro atoms. The summed E-state index contributed by atoms with van der Waals surface area (Å²) in [6, 6.07) is 11.0. The largest absolute Gasteiger partial charge is 0.459 e. The maximum atomic E-state index is 11.9. The number of carbonyl (C=O) groups excluding carboxylic acids is 1. The molecule has 3 fully saturated rings. The number of aliphatic hydroxyl groups is 1. The predicted octanol–water partition coefficient (Wildman–Crippen LogP) is 4.72. The molecule has 4 heteroatoms. The number of cyclic esters (lactones) is 1. The third-order valence-corrected chi connectivity index (χ3v) is 7.84. The topological polar surface area (TPSA) is 58.6 Å². The highest BCUT2D eigenvalue weighted by Gasteiger charge is 2.51. The molecule has 0 bridgehead atoms. The van der Waals surface area contributed by atoms with Crippen LogP contribution in [-0.2, 0) is 9.53 Å². The van der Waals surface area contributed by atoms with Crippen LogP contribution < -0.4 is 5.32 Å². The lowest BCUT2D eigenvalue weighted by molar-refractivity contribution is -0.135. The molecule has 3 aliphatic rings. The molecule has 0 radical (unpaired) electrons. The van der Waals surface area contributed by atoms with E-state index >= 15 is 0 Å². The number of nitrogens with one attached hydrogen (secondary N) is 1. The van der Waals surface area contributed by atoms with E-state index in [1.807, 2.05) is 6.08 Å². The lowest BCUT2D eigenvalue weighted by atomic mass is 9.50. The van der Waals surface area contributed by atoms with E-state index < -0.39 is 6.10 Å². The number of para-hydroxylation sites is 1. The molecular weight excluding hydrogens is 362 g/mol. The van der Waals surface area contributed by atoms with Crippen LogP contribution in [0.2, 0.25) is 0 Å². The molecule has 2 N–H and O–H groups in total. The fourth-order valence-electron chi connectivity index (χ4n) is 6.12. The molecule has 29 heavy (non-hydrogen) atoms. The van der Waals surface area contributed by atoms with Crippen molar-refractivity contribution >= 4 is 11.7 Å². The monoisotopic (exact) mass is 395 g/mol. The first-order valence-corrected chi connectivity index (χ1v) is 10.9. The Bertz CT molecular complexity index is 802. The summed E-state index contributed by atoms with van der Waals surface area (Å²) in [6.07, 6.45) is 6.40. The Morgan fingerprint density at radius 1 is 1.31 bits per heavy atom. The summed E-state index contributed by atoms with van der Waals surface area (Å²) >= 11 is 0. The van der Waals surface area contributed by atoms with Gasteiger partial charge in [-0.15, -0.1) is 0 Å². The van der Waals surface area contributed by atoms with Crippen molar-refractivity contribution in [2.75, 3.05) is 11.9 Å². The number of anilines is 1. The van der Waals surface area contributed by atoms with Gasteiger partial charge in [-0.3, -0.25) is 0 Å². The Hall–Kier alpha value is -2.07. The number of fused-ring (bicyclic) bond motifs is 1. The average molecular weight is 396 g/mol. The third-order valence-electron chi connectivity index (χ3n) is 7.84. The van der Waals surface area contributed by atoms with Gasteiger partial charge >= 0.3 is 5.97 Å². The first-order valence-electron chi connectivity index (χ1n) is 10.9. The Kier molecular flexibility index (Phi) is 5.56. The Labute approximate surface area is 174 Å². The van der Waals surface area contributed by atoms with Crippen LogP contribution in [-0.4, -0.2) is 29.8 Å². The van der Waals surface area contributed by atoms with E-state index in [1.54, 1.807) is 0 Å². The van der Waals surface area contributed by atoms with Crippen molar-refractivity contribution in [3.63, 3.8) is 0 Å². The van der Waals surface area contributed by atoms with Crippen molar-refractivity contribution in [3.8, 4) is 0 Å². The second-order valence-corrected chi connectivity index (χ2v) is 9.39. The molecule has 156 valence electrons. The summed E-state index contributed by atoms with van der Waals surface area (Å²) in [5.41, 5.74) is 3.09. The molecule has 4 rings (SSSR count). The van der Waals surface area contributed by atoms with E-state index in [0.29, 0.717) is 29.4 Å². The highest BCUT2D eigenvalue weighted by molar-refractivity contribution is 5.91. The molecule has 0 aromatic heterocycles. The maximum absolute atomic E-state index is 11.9. The van der Waals surface area contributed by atoms with E-state index in [2.05, 4.69) is 56.1 Å². The molecule has 2 aliphatic carbocycles. The van der Waals surface area contributed by atoms with Crippen LogP contribution in [0.15, 0.2) is 54.1 Å². The van der Waals surface area contributed by atoms with Gasteiger partial charge in [0.25, 0.3) is 0 Å². The molecule has 0 unspecified atom stereocenters. The fourth-order valence-corrected chi connectivity index (χ4v) is 6.12. The van der Waals surface area contributed by atoms with Gasteiger partial charge in [-0.1, -0.05) is 50.3 Å². The van der Waals surface area contributed by atoms with Crippen LogP contribution in [0.5, 0.6) is 0 Å². The molecule has 1 saturated heterocycles. The zero-order chi connectivity index (χ0) is 20.6. The number of aliphatic hydroxyl groups excluding tert-OH is 1. The minimum Gasteiger partial charge on any atom is -0.459 e. The van der Waals surface area contributed by atoms with E-state index in [1.165, 1.54) is 17.7 Å².